The summed E-state index contributed by atoms with van der Waals surface area (Å²) >= 11 is 1.68. The second-order valence-electron chi connectivity index (χ2n) is 19.8. The standard InChI is InChI=1S/C53H72N10O4S/c1-36(39-16-18-40(19-17-39)51-37(2)58-35-68-51)57-31-42-10-8-25-63(42)34-48(53(3,4)5)59-49(65)22-23-50(66)62-28-26-61(27-29-62)41-20-14-38(15-21-41)32-60-24-9-11-43(33-60)67-47(52(55)56)30-45(54)44-12-6-7-13-46(44)64/h6-7,12-21,30,35-36,42-43,48,54,57,64H,8-11,22-29,31-34H2,1-5H3,(H3,55,56)(H,59,65)/b47-30+,54-45?/t36-,42-,43?,48+/m0/s1. The fourth-order valence-corrected chi connectivity index (χ4v) is 10.3. The molecular weight excluding hydrogens is 873 g/mol. The van der Waals surface area contributed by atoms with Crippen molar-refractivity contribution in [2.75, 3.05) is 63.8 Å². The van der Waals surface area contributed by atoms with Crippen LogP contribution in [0.3, 0.4) is 0 Å². The molecule has 364 valence electrons. The van der Waals surface area contributed by atoms with Crippen LogP contribution < -0.4 is 21.3 Å². The van der Waals surface area contributed by atoms with Gasteiger partial charge in [-0.1, -0.05) is 69.3 Å². The van der Waals surface area contributed by atoms with Gasteiger partial charge in [0.05, 0.1) is 21.8 Å². The number of phenolic OH excluding ortho intramolecular Hbond substituents is 1. The van der Waals surface area contributed by atoms with Gasteiger partial charge in [-0.05, 0) is 99.0 Å². The predicted octanol–water partition coefficient (Wildman–Crippen LogP) is 7.47. The van der Waals surface area contributed by atoms with E-state index in [0.717, 1.165) is 82.9 Å². The van der Waals surface area contributed by atoms with E-state index in [4.69, 9.17) is 21.3 Å². The third-order valence-corrected chi connectivity index (χ3v) is 14.7. The van der Waals surface area contributed by atoms with Crippen molar-refractivity contribution >= 4 is 40.4 Å². The average Bonchev–Trinajstić information content (AvgIpc) is 3.97. The molecule has 0 bridgehead atoms. The summed E-state index contributed by atoms with van der Waals surface area (Å²) < 4.78 is 6.18. The van der Waals surface area contributed by atoms with Crippen LogP contribution in [0.5, 0.6) is 5.75 Å². The molecule has 0 saturated carbocycles. The van der Waals surface area contributed by atoms with Crippen LogP contribution in [0.15, 0.2) is 90.1 Å². The molecule has 0 radical (unpaired) electrons. The number of piperazine rings is 1. The van der Waals surface area contributed by atoms with Crippen molar-refractivity contribution in [3.63, 3.8) is 0 Å². The number of aromatic hydroxyl groups is 1. The van der Waals surface area contributed by atoms with Crippen LogP contribution in [0.2, 0.25) is 0 Å². The van der Waals surface area contributed by atoms with Gasteiger partial charge in [0, 0.05) is 101 Å². The van der Waals surface area contributed by atoms with Gasteiger partial charge in [-0.2, -0.15) is 0 Å². The third kappa shape index (κ3) is 13.5. The van der Waals surface area contributed by atoms with E-state index in [1.165, 1.54) is 33.7 Å². The molecule has 0 spiro atoms. The van der Waals surface area contributed by atoms with Crippen molar-refractivity contribution in [2.24, 2.45) is 11.1 Å². The lowest BCUT2D eigenvalue weighted by Gasteiger charge is -2.37. The van der Waals surface area contributed by atoms with Gasteiger partial charge in [-0.25, -0.2) is 4.98 Å². The molecule has 4 heterocycles. The summed E-state index contributed by atoms with van der Waals surface area (Å²) in [4.78, 5) is 41.5. The summed E-state index contributed by atoms with van der Waals surface area (Å²) in [6.07, 6.45) is 5.61. The number of hydrogen-bond donors (Lipinski definition) is 6. The number of amidine groups is 1. The second-order valence-corrected chi connectivity index (χ2v) is 20.7. The zero-order valence-corrected chi connectivity index (χ0v) is 41.4. The first kappa shape index (κ1) is 50.3. The van der Waals surface area contributed by atoms with E-state index < -0.39 is 0 Å². The smallest absolute Gasteiger partial charge is 0.223 e. The minimum Gasteiger partial charge on any atom is -0.507 e. The quantitative estimate of drug-likeness (QED) is 0.0313. The largest absolute Gasteiger partial charge is 0.507 e. The highest BCUT2D eigenvalue weighted by atomic mass is 32.1. The molecule has 15 heteroatoms. The Morgan fingerprint density at radius 2 is 1.68 bits per heavy atom. The summed E-state index contributed by atoms with van der Waals surface area (Å²) in [5, 5.41) is 33.8. The lowest BCUT2D eigenvalue weighted by Crippen LogP contribution is -2.53. The van der Waals surface area contributed by atoms with Crippen LogP contribution in [-0.4, -0.2) is 125 Å². The summed E-state index contributed by atoms with van der Waals surface area (Å²) in [7, 11) is 0. The van der Waals surface area contributed by atoms with Crippen molar-refractivity contribution in [3.8, 4) is 16.2 Å². The monoisotopic (exact) mass is 945 g/mol. The van der Waals surface area contributed by atoms with E-state index in [9.17, 15) is 14.7 Å². The van der Waals surface area contributed by atoms with Crippen molar-refractivity contribution in [3.05, 3.63) is 113 Å². The van der Waals surface area contributed by atoms with Crippen molar-refractivity contribution < 1.29 is 19.4 Å². The van der Waals surface area contributed by atoms with E-state index in [0.29, 0.717) is 31.2 Å². The molecule has 2 amide bonds. The van der Waals surface area contributed by atoms with Gasteiger partial charge in [0.25, 0.3) is 0 Å². The minimum absolute atomic E-state index is 0.0131. The number of piperidine rings is 1. The van der Waals surface area contributed by atoms with Gasteiger partial charge >= 0.3 is 0 Å². The number of carbonyl (C=O) groups excluding carboxylic acids is 2. The van der Waals surface area contributed by atoms with E-state index in [-0.39, 0.29) is 71.3 Å². The number of nitrogens with one attached hydrogen (secondary N) is 4. The first-order valence-electron chi connectivity index (χ1n) is 24.3. The molecule has 14 nitrogen and oxygen atoms in total. The topological polar surface area (TPSA) is 187 Å². The number of nitrogens with zero attached hydrogens (tertiary/aromatic N) is 5. The van der Waals surface area contributed by atoms with Gasteiger partial charge in [-0.15, -0.1) is 11.3 Å². The molecule has 4 aromatic rings. The summed E-state index contributed by atoms with van der Waals surface area (Å²) in [6, 6.07) is 24.6. The Hall–Kier alpha value is -5.61. The zero-order chi connectivity index (χ0) is 48.4. The second kappa shape index (κ2) is 23.1. The molecule has 3 saturated heterocycles. The Kier molecular flexibility index (Phi) is 17.1. The van der Waals surface area contributed by atoms with Crippen molar-refractivity contribution in [2.45, 2.75) is 104 Å². The van der Waals surface area contributed by atoms with Crippen LogP contribution >= 0.6 is 11.3 Å². The van der Waals surface area contributed by atoms with Crippen LogP contribution in [0.1, 0.15) is 94.6 Å². The number of anilines is 1. The number of likely N-dealkylation sites (tertiary alicyclic amines) is 2. The van der Waals surface area contributed by atoms with Gasteiger partial charge < -0.3 is 36.0 Å². The van der Waals surface area contributed by atoms with Crippen molar-refractivity contribution in [1.82, 2.24) is 30.3 Å². The van der Waals surface area contributed by atoms with Crippen LogP contribution in [0.4, 0.5) is 5.69 Å². The number of ether oxygens (including phenoxy) is 1. The summed E-state index contributed by atoms with van der Waals surface area (Å²) in [6.45, 7) is 18.5. The number of carbonyl (C=O) groups is 2. The molecule has 4 atom stereocenters. The lowest BCUT2D eigenvalue weighted by atomic mass is 9.86. The minimum atomic E-state index is -0.256. The lowest BCUT2D eigenvalue weighted by molar-refractivity contribution is -0.134. The molecule has 3 aromatic carbocycles. The zero-order valence-electron chi connectivity index (χ0n) is 40.6. The maximum Gasteiger partial charge on any atom is 0.223 e. The Morgan fingerprint density at radius 1 is 0.956 bits per heavy atom. The van der Waals surface area contributed by atoms with E-state index in [1.54, 1.807) is 29.5 Å². The van der Waals surface area contributed by atoms with E-state index in [2.05, 4.69) is 113 Å². The van der Waals surface area contributed by atoms with Gasteiger partial charge in [0.15, 0.2) is 11.6 Å². The highest BCUT2D eigenvalue weighted by molar-refractivity contribution is 7.13. The van der Waals surface area contributed by atoms with Crippen LogP contribution in [0.25, 0.3) is 10.4 Å². The number of phenols is 1. The third-order valence-electron chi connectivity index (χ3n) is 13.8. The SMILES string of the molecule is Cc1ncsc1-c1ccc([C@H](C)NC[C@@H]2CCCN2C[C@@H](NC(=O)CCC(=O)N2CCN(c3ccc(CN4CCCC(O/C(=C/C(=N)c5ccccc5O)C(=N)N)C4)cc3)CC2)C(C)(C)C)cc1. The van der Waals surface area contributed by atoms with Gasteiger partial charge in [0.1, 0.15) is 11.9 Å². The van der Waals surface area contributed by atoms with E-state index in [1.807, 2.05) is 10.4 Å². The molecular formula is C53H72N10O4S. The molecule has 1 aromatic heterocycles. The molecule has 68 heavy (non-hydrogen) atoms. The fraction of sp³-hybridized carbons (Fsp3) is 0.491. The number of para-hydroxylation sites is 1. The maximum absolute atomic E-state index is 13.4. The number of allylic oxidation sites excluding steroid dienone is 1. The molecule has 3 aliphatic heterocycles. The average molecular weight is 945 g/mol. The number of amides is 2. The first-order chi connectivity index (χ1) is 32.6. The van der Waals surface area contributed by atoms with Gasteiger partial charge in [0.2, 0.25) is 11.8 Å². The number of aryl methyl sites for hydroxylation is 1. The van der Waals surface area contributed by atoms with Crippen molar-refractivity contribution in [1.29, 1.82) is 10.8 Å². The fourth-order valence-electron chi connectivity index (χ4n) is 9.52. The number of nitrogens with two attached hydrogens (primary N) is 1. The number of hydrogen-bond acceptors (Lipinski definition) is 12. The number of aromatic nitrogens is 1. The Balaban J connectivity index is 0.818. The number of benzene rings is 3. The Morgan fingerprint density at radius 3 is 2.35 bits per heavy atom. The van der Waals surface area contributed by atoms with Crippen LogP contribution in [-0.2, 0) is 20.9 Å². The molecule has 7 N–H and O–H groups in total. The molecule has 3 fully saturated rings. The molecule has 0 aliphatic carbocycles. The molecule has 1 unspecified atom stereocenters. The van der Waals surface area contributed by atoms with E-state index >= 15 is 0 Å². The number of thiazole rings is 1. The highest BCUT2D eigenvalue weighted by Gasteiger charge is 2.33. The highest BCUT2D eigenvalue weighted by Crippen LogP contribution is 2.30. The number of rotatable bonds is 19. The Labute approximate surface area is 407 Å². The normalized spacial score (nSPS) is 19.4. The molecule has 7 rings (SSSR count). The van der Waals surface area contributed by atoms with Crippen LogP contribution in [0, 0.1) is 23.2 Å². The molecule has 3 aliphatic rings. The predicted molar refractivity (Wildman–Crippen MR) is 273 cm³/mol. The summed E-state index contributed by atoms with van der Waals surface area (Å²) in [5.74, 6) is -0.178. The maximum atomic E-state index is 13.4. The summed E-state index contributed by atoms with van der Waals surface area (Å²) in [5.41, 5.74) is 13.8. The van der Waals surface area contributed by atoms with Gasteiger partial charge in [-0.3, -0.25) is 30.2 Å². The first-order valence-corrected chi connectivity index (χ1v) is 25.2. The Bertz CT molecular complexity index is 2370.